The van der Waals surface area contributed by atoms with Crippen LogP contribution >= 0.6 is 14.5 Å². The maximum atomic E-state index is 5.76. The molecule has 1 aromatic rings. The van der Waals surface area contributed by atoms with Crippen LogP contribution in [-0.4, -0.2) is 35.1 Å². The van der Waals surface area contributed by atoms with E-state index in [2.05, 4.69) is 87.1 Å². The molecule has 0 N–H and O–H groups in total. The first kappa shape index (κ1) is 23.9. The van der Waals surface area contributed by atoms with Crippen molar-refractivity contribution in [2.75, 3.05) is 7.11 Å². The van der Waals surface area contributed by atoms with Gasteiger partial charge in [0.2, 0.25) is 0 Å². The molecule has 1 nitrogen and oxygen atoms in total. The number of methoxy groups -OCH3 is 1. The third-order valence-electron chi connectivity index (χ3n) is 8.52. The first-order chi connectivity index (χ1) is 13.0. The van der Waals surface area contributed by atoms with Crippen molar-refractivity contribution in [2.24, 2.45) is 0 Å². The molecule has 0 saturated heterocycles. The number of benzene rings is 1. The van der Waals surface area contributed by atoms with Gasteiger partial charge in [-0.25, -0.2) is 0 Å². The van der Waals surface area contributed by atoms with Crippen LogP contribution < -0.4 is 4.74 Å². The normalized spacial score (nSPS) is 23.4. The Labute approximate surface area is 176 Å². The molecule has 1 aliphatic rings. The molecule has 1 aliphatic heterocycles. The van der Waals surface area contributed by atoms with E-state index in [1.807, 2.05) is 7.11 Å². The first-order valence-corrected chi connectivity index (χ1v) is 16.2. The minimum atomic E-state index is -1.72. The van der Waals surface area contributed by atoms with Crippen LogP contribution in [0.15, 0.2) is 24.8 Å². The maximum absolute atomic E-state index is 5.76. The van der Waals surface area contributed by atoms with E-state index in [0.29, 0.717) is 0 Å². The molecule has 162 valence electrons. The van der Waals surface area contributed by atoms with Crippen molar-refractivity contribution in [1.29, 1.82) is 0 Å². The second kappa shape index (κ2) is 8.78. The summed E-state index contributed by atoms with van der Waals surface area (Å²) in [6.45, 7) is 27.0. The molecule has 1 heterocycles. The van der Waals surface area contributed by atoms with E-state index in [1.54, 1.807) is 16.7 Å². The number of rotatable bonds is 6. The Morgan fingerprint density at radius 1 is 0.857 bits per heavy atom. The third kappa shape index (κ3) is 3.61. The van der Waals surface area contributed by atoms with Gasteiger partial charge in [-0.15, -0.1) is 0 Å². The van der Waals surface area contributed by atoms with Crippen molar-refractivity contribution in [2.45, 2.75) is 103 Å². The molecule has 0 amide bonds. The molecule has 0 aromatic heterocycles. The fourth-order valence-electron chi connectivity index (χ4n) is 6.70. The summed E-state index contributed by atoms with van der Waals surface area (Å²) in [5, 5.41) is 0.740. The van der Waals surface area contributed by atoms with Gasteiger partial charge in [-0.2, -0.15) is 0 Å². The van der Waals surface area contributed by atoms with E-state index >= 15 is 0 Å². The van der Waals surface area contributed by atoms with Crippen LogP contribution in [0.5, 0.6) is 5.75 Å². The Bertz CT molecular complexity index is 635. The fraction of sp³-hybridized carbons (Fsp3) is 0.680. The standard InChI is InChI=1S/C25H46OP2/c1-12-25-27(17(2)3,18(4)5)15-22-13-24(26-11)14-23(21(22)10)16-28(25,19(6)7)20(8)9/h12-14,17-20,25,27-28H,1,15-16H2,2-11H3. The molecule has 0 radical (unpaired) electrons. The Balaban J connectivity index is 2.98. The zero-order valence-electron chi connectivity index (χ0n) is 20.1. The van der Waals surface area contributed by atoms with Crippen LogP contribution in [0.3, 0.4) is 0 Å². The molecule has 0 unspecified atom stereocenters. The molecule has 0 atom stereocenters. The molecule has 3 heteroatoms. The van der Waals surface area contributed by atoms with E-state index in [0.717, 1.165) is 33.8 Å². The summed E-state index contributed by atoms with van der Waals surface area (Å²) < 4.78 is 5.76. The van der Waals surface area contributed by atoms with Crippen molar-refractivity contribution in [1.82, 2.24) is 0 Å². The van der Waals surface area contributed by atoms with Crippen LogP contribution in [0.1, 0.15) is 72.1 Å². The van der Waals surface area contributed by atoms with E-state index in [-0.39, 0.29) is 0 Å². The van der Waals surface area contributed by atoms with E-state index in [1.165, 1.54) is 12.3 Å². The molecule has 2 rings (SSSR count). The van der Waals surface area contributed by atoms with Gasteiger partial charge in [0.05, 0.1) is 0 Å². The monoisotopic (exact) mass is 424 g/mol. The van der Waals surface area contributed by atoms with Gasteiger partial charge >= 0.3 is 176 Å². The number of fused-ring (bicyclic) bond motifs is 2. The number of allylic oxidation sites excluding steroid dienone is 1. The Morgan fingerprint density at radius 3 is 1.46 bits per heavy atom. The summed E-state index contributed by atoms with van der Waals surface area (Å²) in [7, 11) is -1.61. The van der Waals surface area contributed by atoms with Crippen LogP contribution in [0.4, 0.5) is 0 Å². The molecule has 1 aromatic carbocycles. The van der Waals surface area contributed by atoms with Gasteiger partial charge in [-0.1, -0.05) is 0 Å². The van der Waals surface area contributed by atoms with Crippen molar-refractivity contribution < 1.29 is 4.74 Å². The molecule has 0 saturated carbocycles. The van der Waals surface area contributed by atoms with Crippen LogP contribution in [-0.2, 0) is 12.3 Å². The van der Waals surface area contributed by atoms with Crippen LogP contribution in [0.2, 0.25) is 0 Å². The van der Waals surface area contributed by atoms with Crippen molar-refractivity contribution in [3.63, 3.8) is 0 Å². The summed E-state index contributed by atoms with van der Waals surface area (Å²) in [5.74, 6) is 1.05. The predicted octanol–water partition coefficient (Wildman–Crippen LogP) is 7.66. The van der Waals surface area contributed by atoms with Gasteiger partial charge < -0.3 is 0 Å². The van der Waals surface area contributed by atoms with Gasteiger partial charge in [-0.05, 0) is 0 Å². The summed E-state index contributed by atoms with van der Waals surface area (Å²) in [6, 6.07) is 4.68. The fourth-order valence-corrected chi connectivity index (χ4v) is 25.9. The molecule has 0 aliphatic carbocycles. The summed E-state index contributed by atoms with van der Waals surface area (Å²) in [5.41, 5.74) is 7.61. The summed E-state index contributed by atoms with van der Waals surface area (Å²) in [4.78, 5) is 0. The summed E-state index contributed by atoms with van der Waals surface area (Å²) >= 11 is 0. The zero-order valence-corrected chi connectivity index (χ0v) is 22.1. The molecule has 0 spiro atoms. The average Bonchev–Trinajstić information content (AvgIpc) is 2.61. The third-order valence-corrected chi connectivity index (χ3v) is 25.1. The van der Waals surface area contributed by atoms with Crippen molar-refractivity contribution in [3.8, 4) is 5.75 Å². The SMILES string of the molecule is C=CC1[PH](C(C)C)(C(C)C)Cc2cc(OC)cc(c2C)C[PH]1(C(C)C)C(C)C. The molecule has 28 heavy (non-hydrogen) atoms. The van der Waals surface area contributed by atoms with Gasteiger partial charge in [0.1, 0.15) is 0 Å². The number of hydrogen-bond acceptors (Lipinski definition) is 1. The topological polar surface area (TPSA) is 9.23 Å². The van der Waals surface area contributed by atoms with Crippen molar-refractivity contribution in [3.05, 3.63) is 41.5 Å². The van der Waals surface area contributed by atoms with Crippen LogP contribution in [0.25, 0.3) is 0 Å². The van der Waals surface area contributed by atoms with E-state index in [4.69, 9.17) is 4.74 Å². The second-order valence-electron chi connectivity index (χ2n) is 10.5. The summed E-state index contributed by atoms with van der Waals surface area (Å²) in [6.07, 6.45) is 4.99. The number of hydrogen-bond donors (Lipinski definition) is 0. The molecule has 2 bridgehead atoms. The van der Waals surface area contributed by atoms with Gasteiger partial charge in [0.15, 0.2) is 0 Å². The van der Waals surface area contributed by atoms with E-state index < -0.39 is 14.5 Å². The molecule has 0 fully saturated rings. The Morgan fingerprint density at radius 2 is 1.21 bits per heavy atom. The predicted molar refractivity (Wildman–Crippen MR) is 136 cm³/mol. The van der Waals surface area contributed by atoms with Gasteiger partial charge in [-0.3, -0.25) is 0 Å². The quantitative estimate of drug-likeness (QED) is 0.336. The number of ether oxygens (including phenoxy) is 1. The van der Waals surface area contributed by atoms with Crippen molar-refractivity contribution >= 4 is 14.5 Å². The van der Waals surface area contributed by atoms with Crippen LogP contribution in [0, 0.1) is 6.92 Å². The van der Waals surface area contributed by atoms with E-state index in [9.17, 15) is 0 Å². The Kier molecular flexibility index (Phi) is 7.49. The molecular weight excluding hydrogens is 378 g/mol. The zero-order chi connectivity index (χ0) is 21.4. The Hall–Kier alpha value is -0.380. The van der Waals surface area contributed by atoms with Gasteiger partial charge in [0.25, 0.3) is 0 Å². The minimum absolute atomic E-state index is 0.740. The average molecular weight is 425 g/mol. The second-order valence-corrected chi connectivity index (χ2v) is 22.1. The molecular formula is C25H46OP2. The van der Waals surface area contributed by atoms with Gasteiger partial charge in [0, 0.05) is 0 Å². The first-order valence-electron chi connectivity index (χ1n) is 11.3.